The first-order chi connectivity index (χ1) is 9.93. The molecule has 4 saturated carbocycles. The molecule has 0 saturated heterocycles. The summed E-state index contributed by atoms with van der Waals surface area (Å²) >= 11 is -0.337. The molecule has 5 nitrogen and oxygen atoms in total. The Hall–Kier alpha value is 0.01000. The van der Waals surface area contributed by atoms with E-state index in [9.17, 15) is 19.1 Å². The van der Waals surface area contributed by atoms with Crippen molar-refractivity contribution in [3.05, 3.63) is 0 Å². The number of halogens is 2. The lowest BCUT2D eigenvalue weighted by Gasteiger charge is -2.58. The summed E-state index contributed by atoms with van der Waals surface area (Å²) in [5.74, 6) is 1.19. The molecule has 8 heteroatoms. The van der Waals surface area contributed by atoms with E-state index in [0.717, 1.165) is 32.1 Å². The highest BCUT2D eigenvalue weighted by molar-refractivity contribution is 7.95. The van der Waals surface area contributed by atoms with Crippen molar-refractivity contribution in [3.8, 4) is 0 Å². The average molecular weight is 325 g/mol. The summed E-state index contributed by atoms with van der Waals surface area (Å²) in [7, 11) is 0. The van der Waals surface area contributed by atoms with Gasteiger partial charge in [0.05, 0.1) is 12.7 Å². The number of rotatable bonds is 7. The first kappa shape index (κ1) is 15.9. The molecule has 4 aliphatic carbocycles. The molecule has 0 spiro atoms. The fraction of sp³-hybridized carbons (Fsp3) is 1.00. The van der Waals surface area contributed by atoms with Crippen molar-refractivity contribution in [2.45, 2.75) is 43.5 Å². The first-order valence-electron chi connectivity index (χ1n) is 7.21. The maximum Gasteiger partial charge on any atom is 0.343 e. The van der Waals surface area contributed by atoms with Crippen molar-refractivity contribution >= 4 is 12.0 Å². The molecule has 0 aromatic rings. The monoisotopic (exact) mass is 325 g/mol. The van der Waals surface area contributed by atoms with Gasteiger partial charge < -0.3 is 15.1 Å². The Morgan fingerprint density at radius 1 is 1.24 bits per heavy atom. The summed E-state index contributed by atoms with van der Waals surface area (Å²) < 4.78 is 35.5. The summed E-state index contributed by atoms with van der Waals surface area (Å²) in [5.41, 5.74) is -0.0631. The quantitative estimate of drug-likeness (QED) is 0.436. The molecule has 2 unspecified atom stereocenters. The number of ether oxygens (including phenoxy) is 1. The van der Waals surface area contributed by atoms with Crippen LogP contribution in [0.3, 0.4) is 0 Å². The average Bonchev–Trinajstić information content (AvgIpc) is 2.41. The third-order valence-electron chi connectivity index (χ3n) is 5.21. The molecule has 0 aromatic carbocycles. The van der Waals surface area contributed by atoms with Crippen LogP contribution in [-0.2, 0) is 14.1 Å². The molecule has 1 N–H and O–H groups in total. The predicted molar refractivity (Wildman–Crippen MR) is 67.5 cm³/mol. The standard InChI is InChI=1S/C13H20F2O5S/c14-13(15,21-20-19-17)7-18-6-12-3-8-1-9(4-12)11(16)10(2-8)5-12/h8-11,16-17H,1-7H2/p-1. The smallest absolute Gasteiger partial charge is 0.343 e. The zero-order chi connectivity index (χ0) is 15.1. The van der Waals surface area contributed by atoms with Crippen LogP contribution in [0.2, 0.25) is 0 Å². The summed E-state index contributed by atoms with van der Waals surface area (Å²) in [6, 6.07) is 0. The summed E-state index contributed by atoms with van der Waals surface area (Å²) in [6.45, 7) is -0.539. The zero-order valence-corrected chi connectivity index (χ0v) is 12.3. The lowest BCUT2D eigenvalue weighted by molar-refractivity contribution is -0.777. The molecular weight excluding hydrogens is 306 g/mol. The van der Waals surface area contributed by atoms with Crippen LogP contribution >= 0.6 is 12.0 Å². The molecule has 4 rings (SSSR count). The fourth-order valence-corrected chi connectivity index (χ4v) is 5.08. The minimum atomic E-state index is -3.31. The van der Waals surface area contributed by atoms with E-state index in [1.807, 2.05) is 0 Å². The normalized spacial score (nSPS) is 41.7. The van der Waals surface area contributed by atoms with E-state index < -0.39 is 11.9 Å². The molecule has 0 aromatic heterocycles. The van der Waals surface area contributed by atoms with Crippen molar-refractivity contribution in [2.24, 2.45) is 23.2 Å². The summed E-state index contributed by atoms with van der Waals surface area (Å²) in [5, 5.41) is 19.3. The molecule has 21 heavy (non-hydrogen) atoms. The molecule has 0 amide bonds. The molecule has 4 aliphatic rings. The molecule has 0 aliphatic heterocycles. The van der Waals surface area contributed by atoms with Gasteiger partial charge >= 0.3 is 5.25 Å². The van der Waals surface area contributed by atoms with Crippen LogP contribution in [0.1, 0.15) is 32.1 Å². The van der Waals surface area contributed by atoms with E-state index in [-0.39, 0.29) is 30.2 Å². The van der Waals surface area contributed by atoms with E-state index in [2.05, 4.69) is 9.37 Å². The van der Waals surface area contributed by atoms with Gasteiger partial charge in [-0.2, -0.15) is 13.1 Å². The molecular formula is C13H19F2O5S-. The number of alkyl halides is 2. The van der Waals surface area contributed by atoms with Gasteiger partial charge in [0, 0.05) is 0 Å². The second kappa shape index (κ2) is 5.90. The Morgan fingerprint density at radius 2 is 1.90 bits per heavy atom. The maximum atomic E-state index is 13.3. The lowest BCUT2D eigenvalue weighted by Crippen LogP contribution is -2.55. The highest BCUT2D eigenvalue weighted by Gasteiger charge is 2.55. The molecule has 122 valence electrons. The molecule has 4 bridgehead atoms. The second-order valence-corrected chi connectivity index (χ2v) is 7.71. The van der Waals surface area contributed by atoms with E-state index in [4.69, 9.17) is 4.74 Å². The van der Waals surface area contributed by atoms with Crippen LogP contribution in [0.5, 0.6) is 0 Å². The van der Waals surface area contributed by atoms with E-state index in [0.29, 0.717) is 17.8 Å². The van der Waals surface area contributed by atoms with Crippen molar-refractivity contribution in [3.63, 3.8) is 0 Å². The lowest BCUT2D eigenvalue weighted by atomic mass is 9.49. The van der Waals surface area contributed by atoms with Gasteiger partial charge in [-0.25, -0.2) is 0 Å². The van der Waals surface area contributed by atoms with E-state index in [1.54, 1.807) is 0 Å². The Labute approximate surface area is 126 Å². The second-order valence-electron chi connectivity index (χ2n) is 6.81. The minimum Gasteiger partial charge on any atom is -0.691 e. The molecule has 0 radical (unpaired) electrons. The Balaban J connectivity index is 1.52. The molecule has 2 atom stereocenters. The van der Waals surface area contributed by atoms with Gasteiger partial charge in [0.25, 0.3) is 0 Å². The van der Waals surface area contributed by atoms with Crippen molar-refractivity contribution < 1.29 is 33.3 Å². The largest absolute Gasteiger partial charge is 0.691 e. The van der Waals surface area contributed by atoms with Gasteiger partial charge in [-0.05, 0) is 55.3 Å². The molecule has 4 fully saturated rings. The Bertz CT molecular complexity index is 368. The zero-order valence-electron chi connectivity index (χ0n) is 11.5. The highest BCUT2D eigenvalue weighted by Crippen LogP contribution is 2.60. The number of hydrogen-bond donors (Lipinski definition) is 1. The van der Waals surface area contributed by atoms with Crippen LogP contribution in [0.15, 0.2) is 0 Å². The Morgan fingerprint density at radius 3 is 2.52 bits per heavy atom. The number of aliphatic hydroxyl groups excluding tert-OH is 1. The van der Waals surface area contributed by atoms with Crippen LogP contribution in [0, 0.1) is 23.2 Å². The van der Waals surface area contributed by atoms with Crippen LogP contribution in [0.4, 0.5) is 8.78 Å². The fourth-order valence-electron chi connectivity index (χ4n) is 4.82. The van der Waals surface area contributed by atoms with Gasteiger partial charge in [0.15, 0.2) is 0 Å². The van der Waals surface area contributed by atoms with Gasteiger partial charge in [-0.3, -0.25) is 5.04 Å². The van der Waals surface area contributed by atoms with Crippen LogP contribution < -0.4 is 5.26 Å². The van der Waals surface area contributed by atoms with Gasteiger partial charge in [-0.15, -0.1) is 0 Å². The third kappa shape index (κ3) is 3.35. The van der Waals surface area contributed by atoms with Crippen LogP contribution in [0.25, 0.3) is 0 Å². The van der Waals surface area contributed by atoms with Gasteiger partial charge in [-0.1, -0.05) is 0 Å². The highest BCUT2D eigenvalue weighted by atomic mass is 32.2. The third-order valence-corrected chi connectivity index (χ3v) is 5.70. The first-order valence-corrected chi connectivity index (χ1v) is 7.95. The van der Waals surface area contributed by atoms with E-state index in [1.165, 1.54) is 0 Å². The maximum absolute atomic E-state index is 13.3. The van der Waals surface area contributed by atoms with Crippen molar-refractivity contribution in [1.29, 1.82) is 0 Å². The molecule has 0 heterocycles. The SMILES string of the molecule is [O-]OOSC(F)(F)COCC12CC3CC(C1)C(O)C(C3)C2. The van der Waals surface area contributed by atoms with Gasteiger partial charge in [0.2, 0.25) is 0 Å². The van der Waals surface area contributed by atoms with Crippen molar-refractivity contribution in [1.82, 2.24) is 0 Å². The van der Waals surface area contributed by atoms with Crippen molar-refractivity contribution in [2.75, 3.05) is 13.2 Å². The number of aliphatic hydroxyl groups is 1. The van der Waals surface area contributed by atoms with Crippen LogP contribution in [-0.4, -0.2) is 29.7 Å². The van der Waals surface area contributed by atoms with E-state index >= 15 is 0 Å². The predicted octanol–water partition coefficient (Wildman–Crippen LogP) is 1.65. The summed E-state index contributed by atoms with van der Waals surface area (Å²) in [6.07, 6.45) is 4.61. The summed E-state index contributed by atoms with van der Waals surface area (Å²) in [4.78, 5) is 0. The Kier molecular flexibility index (Phi) is 4.46. The number of hydrogen-bond acceptors (Lipinski definition) is 6. The topological polar surface area (TPSA) is 71.0 Å². The minimum absolute atomic E-state index is 0.0631. The van der Waals surface area contributed by atoms with Gasteiger partial charge in [0.1, 0.15) is 18.6 Å².